The van der Waals surface area contributed by atoms with Gasteiger partial charge in [0.15, 0.2) is 0 Å². The fraction of sp³-hybridized carbons (Fsp3) is 0.0476. The monoisotopic (exact) mass is 342 g/mol. The molecule has 0 saturated carbocycles. The highest BCUT2D eigenvalue weighted by molar-refractivity contribution is 6.00. The number of benzene rings is 2. The average Bonchev–Trinajstić information content (AvgIpc) is 3.08. The number of aromatic nitrogens is 2. The lowest BCUT2D eigenvalue weighted by atomic mass is 10.1. The number of nitrogens with one attached hydrogen (secondary N) is 2. The summed E-state index contributed by atoms with van der Waals surface area (Å²) in [4.78, 5) is 16.9. The van der Waals surface area contributed by atoms with Crippen molar-refractivity contribution in [2.45, 2.75) is 6.92 Å². The molecule has 0 aliphatic carbocycles. The molecule has 5 nitrogen and oxygen atoms in total. The van der Waals surface area contributed by atoms with Crippen LogP contribution in [0.3, 0.4) is 0 Å². The lowest BCUT2D eigenvalue weighted by Gasteiger charge is -2.10. The third-order valence-corrected chi connectivity index (χ3v) is 4.17. The van der Waals surface area contributed by atoms with E-state index < -0.39 is 0 Å². The van der Waals surface area contributed by atoms with E-state index in [0.717, 1.165) is 28.2 Å². The van der Waals surface area contributed by atoms with Crippen LogP contribution in [0, 0.1) is 6.92 Å². The summed E-state index contributed by atoms with van der Waals surface area (Å²) in [5.74, 6) is 0. The van der Waals surface area contributed by atoms with Crippen molar-refractivity contribution in [2.75, 3.05) is 10.6 Å². The summed E-state index contributed by atoms with van der Waals surface area (Å²) in [6.07, 6.45) is 3.94. The minimum Gasteiger partial charge on any atom is -0.308 e. The number of nitrogens with zero attached hydrogens (tertiary/aromatic N) is 2. The largest absolute Gasteiger partial charge is 0.323 e. The molecular weight excluding hydrogens is 324 g/mol. The summed E-state index contributed by atoms with van der Waals surface area (Å²) in [7, 11) is 0. The molecule has 2 amide bonds. The fourth-order valence-corrected chi connectivity index (χ4v) is 2.83. The topological polar surface area (TPSA) is 58.4 Å². The molecule has 0 saturated heterocycles. The Morgan fingerprint density at radius 1 is 0.962 bits per heavy atom. The molecule has 0 aliphatic rings. The van der Waals surface area contributed by atoms with Gasteiger partial charge in [0.2, 0.25) is 0 Å². The molecule has 2 aromatic carbocycles. The second kappa shape index (κ2) is 6.72. The molecule has 0 fully saturated rings. The lowest BCUT2D eigenvalue weighted by molar-refractivity contribution is 0.262. The first-order valence-corrected chi connectivity index (χ1v) is 8.37. The number of aryl methyl sites for hydroxylation is 1. The first kappa shape index (κ1) is 15.9. The summed E-state index contributed by atoms with van der Waals surface area (Å²) >= 11 is 0. The zero-order valence-corrected chi connectivity index (χ0v) is 14.3. The van der Waals surface area contributed by atoms with E-state index in [0.29, 0.717) is 5.69 Å². The van der Waals surface area contributed by atoms with Gasteiger partial charge in [-0.2, -0.15) is 0 Å². The van der Waals surface area contributed by atoms with Gasteiger partial charge in [-0.05, 0) is 42.8 Å². The maximum Gasteiger partial charge on any atom is 0.323 e. The first-order valence-electron chi connectivity index (χ1n) is 8.37. The molecular formula is C21H18N4O. The second-order valence-electron chi connectivity index (χ2n) is 6.07. The Morgan fingerprint density at radius 2 is 1.81 bits per heavy atom. The Balaban J connectivity index is 1.54. The molecule has 0 aliphatic heterocycles. The molecule has 0 atom stereocenters. The average molecular weight is 342 g/mol. The molecule has 0 unspecified atom stereocenters. The van der Waals surface area contributed by atoms with Crippen molar-refractivity contribution in [3.63, 3.8) is 0 Å². The van der Waals surface area contributed by atoms with Gasteiger partial charge in [-0.25, -0.2) is 9.78 Å². The molecule has 0 spiro atoms. The van der Waals surface area contributed by atoms with Gasteiger partial charge in [0, 0.05) is 29.3 Å². The first-order chi connectivity index (χ1) is 12.7. The quantitative estimate of drug-likeness (QED) is 0.553. The standard InChI is InChI=1S/C21H18N4O/c1-15-7-2-3-10-18(15)24-21(26)22-17-9-6-8-16(13-17)19-14-25-12-5-4-11-20(25)23-19/h2-14H,1H3,(H2,22,24,26). The minimum atomic E-state index is -0.272. The summed E-state index contributed by atoms with van der Waals surface area (Å²) in [5.41, 5.74) is 5.22. The maximum absolute atomic E-state index is 12.3. The molecule has 2 aromatic heterocycles. The molecule has 26 heavy (non-hydrogen) atoms. The number of imidazole rings is 1. The van der Waals surface area contributed by atoms with Gasteiger partial charge in [-0.15, -0.1) is 0 Å². The van der Waals surface area contributed by atoms with Gasteiger partial charge in [0.25, 0.3) is 0 Å². The predicted octanol–water partition coefficient (Wildman–Crippen LogP) is 4.95. The van der Waals surface area contributed by atoms with Gasteiger partial charge in [0.05, 0.1) is 5.69 Å². The SMILES string of the molecule is Cc1ccccc1NC(=O)Nc1cccc(-c2cn3ccccc3n2)c1. The van der Waals surface area contributed by atoms with Gasteiger partial charge in [-0.1, -0.05) is 36.4 Å². The maximum atomic E-state index is 12.3. The van der Waals surface area contributed by atoms with Gasteiger partial charge < -0.3 is 15.0 Å². The number of hydrogen-bond acceptors (Lipinski definition) is 2. The Hall–Kier alpha value is -3.60. The third kappa shape index (κ3) is 3.28. The van der Waals surface area contributed by atoms with Crippen LogP contribution in [-0.2, 0) is 0 Å². The highest BCUT2D eigenvalue weighted by Crippen LogP contribution is 2.23. The number of para-hydroxylation sites is 1. The van der Waals surface area contributed by atoms with Gasteiger partial charge in [-0.3, -0.25) is 0 Å². The van der Waals surface area contributed by atoms with E-state index in [1.807, 2.05) is 90.4 Å². The predicted molar refractivity (Wildman–Crippen MR) is 104 cm³/mol. The van der Waals surface area contributed by atoms with Gasteiger partial charge >= 0.3 is 6.03 Å². The number of carbonyl (C=O) groups excluding carboxylic acids is 1. The number of pyridine rings is 1. The number of urea groups is 1. The highest BCUT2D eigenvalue weighted by Gasteiger charge is 2.08. The number of carbonyl (C=O) groups is 1. The molecule has 0 radical (unpaired) electrons. The minimum absolute atomic E-state index is 0.272. The second-order valence-corrected chi connectivity index (χ2v) is 6.07. The van der Waals surface area contributed by atoms with Crippen molar-refractivity contribution < 1.29 is 4.79 Å². The number of anilines is 2. The number of amides is 2. The third-order valence-electron chi connectivity index (χ3n) is 4.17. The van der Waals surface area contributed by atoms with E-state index in [4.69, 9.17) is 0 Å². The summed E-state index contributed by atoms with van der Waals surface area (Å²) in [6.45, 7) is 1.96. The molecule has 4 aromatic rings. The van der Waals surface area contributed by atoms with Crippen molar-refractivity contribution in [1.29, 1.82) is 0 Å². The van der Waals surface area contributed by atoms with Crippen molar-refractivity contribution in [1.82, 2.24) is 9.38 Å². The Morgan fingerprint density at radius 3 is 2.65 bits per heavy atom. The summed E-state index contributed by atoms with van der Waals surface area (Å²) < 4.78 is 1.97. The zero-order chi connectivity index (χ0) is 17.9. The van der Waals surface area contributed by atoms with Crippen molar-refractivity contribution in [3.8, 4) is 11.3 Å². The van der Waals surface area contributed by atoms with E-state index in [1.54, 1.807) is 0 Å². The van der Waals surface area contributed by atoms with E-state index in [2.05, 4.69) is 15.6 Å². The normalized spacial score (nSPS) is 10.7. The number of rotatable bonds is 3. The molecule has 128 valence electrons. The zero-order valence-electron chi connectivity index (χ0n) is 14.3. The summed E-state index contributed by atoms with van der Waals surface area (Å²) in [6, 6.07) is 20.9. The van der Waals surface area contributed by atoms with Crippen LogP contribution in [0.5, 0.6) is 0 Å². The van der Waals surface area contributed by atoms with Crippen LogP contribution in [0.1, 0.15) is 5.56 Å². The number of fused-ring (bicyclic) bond motifs is 1. The van der Waals surface area contributed by atoms with Crippen molar-refractivity contribution in [3.05, 3.63) is 84.7 Å². The van der Waals surface area contributed by atoms with Gasteiger partial charge in [0.1, 0.15) is 5.65 Å². The van der Waals surface area contributed by atoms with E-state index in [1.165, 1.54) is 0 Å². The molecule has 5 heteroatoms. The molecule has 0 bridgehead atoms. The van der Waals surface area contributed by atoms with Crippen LogP contribution < -0.4 is 10.6 Å². The van der Waals surface area contributed by atoms with Crippen LogP contribution in [0.25, 0.3) is 16.9 Å². The van der Waals surface area contributed by atoms with E-state index in [9.17, 15) is 4.79 Å². The van der Waals surface area contributed by atoms with Crippen LogP contribution in [0.4, 0.5) is 16.2 Å². The Bertz CT molecular complexity index is 1050. The van der Waals surface area contributed by atoms with Crippen molar-refractivity contribution >= 4 is 23.1 Å². The fourth-order valence-electron chi connectivity index (χ4n) is 2.83. The molecule has 2 N–H and O–H groups in total. The Kier molecular flexibility index (Phi) is 4.11. The highest BCUT2D eigenvalue weighted by atomic mass is 16.2. The van der Waals surface area contributed by atoms with Crippen LogP contribution in [0.15, 0.2) is 79.1 Å². The lowest BCUT2D eigenvalue weighted by Crippen LogP contribution is -2.19. The van der Waals surface area contributed by atoms with Crippen molar-refractivity contribution in [2.24, 2.45) is 0 Å². The van der Waals surface area contributed by atoms with E-state index >= 15 is 0 Å². The van der Waals surface area contributed by atoms with Crippen LogP contribution in [0.2, 0.25) is 0 Å². The summed E-state index contributed by atoms with van der Waals surface area (Å²) in [5, 5.41) is 5.75. The number of hydrogen-bond donors (Lipinski definition) is 2. The van der Waals surface area contributed by atoms with Crippen LogP contribution >= 0.6 is 0 Å². The molecule has 4 rings (SSSR count). The smallest absolute Gasteiger partial charge is 0.308 e. The Labute approximate surface area is 151 Å². The van der Waals surface area contributed by atoms with Crippen LogP contribution in [-0.4, -0.2) is 15.4 Å². The van der Waals surface area contributed by atoms with E-state index in [-0.39, 0.29) is 6.03 Å². The molecule has 2 heterocycles.